The van der Waals surface area contributed by atoms with Crippen LogP contribution in [0.4, 0.5) is 11.5 Å². The Balaban J connectivity index is 1.61. The van der Waals surface area contributed by atoms with Gasteiger partial charge in [-0.25, -0.2) is 9.97 Å². The van der Waals surface area contributed by atoms with Gasteiger partial charge in [0.15, 0.2) is 0 Å². The number of aromatic nitrogens is 2. The molecule has 1 unspecified atom stereocenters. The molecule has 2 heterocycles. The molecular formula is C18H22N4O4. The Labute approximate surface area is 151 Å². The quantitative estimate of drug-likeness (QED) is 0.784. The van der Waals surface area contributed by atoms with Crippen molar-refractivity contribution in [3.05, 3.63) is 36.3 Å². The van der Waals surface area contributed by atoms with Crippen LogP contribution in [0.2, 0.25) is 0 Å². The van der Waals surface area contributed by atoms with Crippen molar-refractivity contribution < 1.29 is 19.0 Å². The molecule has 2 aromatic rings. The second-order valence-corrected chi connectivity index (χ2v) is 5.82. The Morgan fingerprint density at radius 2 is 2.15 bits per heavy atom. The van der Waals surface area contributed by atoms with Gasteiger partial charge < -0.3 is 24.8 Å². The van der Waals surface area contributed by atoms with E-state index in [1.807, 2.05) is 0 Å². The summed E-state index contributed by atoms with van der Waals surface area (Å²) in [6.07, 6.45) is 5.32. The van der Waals surface area contributed by atoms with Crippen LogP contribution in [-0.2, 0) is 4.74 Å². The van der Waals surface area contributed by atoms with Gasteiger partial charge in [-0.3, -0.25) is 4.79 Å². The summed E-state index contributed by atoms with van der Waals surface area (Å²) in [6.45, 7) is 1.50. The minimum atomic E-state index is -0.369. The lowest BCUT2D eigenvalue weighted by atomic mass is 10.2. The van der Waals surface area contributed by atoms with E-state index in [0.29, 0.717) is 29.5 Å². The van der Waals surface area contributed by atoms with Gasteiger partial charge in [-0.1, -0.05) is 0 Å². The topological polar surface area (TPSA) is 94.6 Å². The molecule has 1 amide bonds. The van der Waals surface area contributed by atoms with E-state index in [0.717, 1.165) is 19.4 Å². The molecule has 1 atom stereocenters. The van der Waals surface area contributed by atoms with Crippen LogP contribution in [0.1, 0.15) is 23.3 Å². The van der Waals surface area contributed by atoms with Crippen molar-refractivity contribution in [2.75, 3.05) is 38.0 Å². The zero-order valence-corrected chi connectivity index (χ0v) is 14.8. The standard InChI is InChI=1S/C18H22N4O4/c1-24-12-5-6-14(16(8-12)25-2)22-18(23)15-10-21-17(11-19-15)20-9-13-4-3-7-26-13/h5-6,8,10-11,13H,3-4,7,9H2,1-2H3,(H,20,21)(H,22,23). The normalized spacial score (nSPS) is 16.2. The lowest BCUT2D eigenvalue weighted by Crippen LogP contribution is -2.19. The zero-order valence-electron chi connectivity index (χ0n) is 14.8. The minimum Gasteiger partial charge on any atom is -0.497 e. The third-order valence-corrected chi connectivity index (χ3v) is 4.08. The predicted molar refractivity (Wildman–Crippen MR) is 97.0 cm³/mol. The first kappa shape index (κ1) is 17.9. The fraction of sp³-hybridized carbons (Fsp3) is 0.389. The lowest BCUT2D eigenvalue weighted by molar-refractivity contribution is 0.102. The molecule has 2 N–H and O–H groups in total. The maximum absolute atomic E-state index is 12.4. The number of benzene rings is 1. The summed E-state index contributed by atoms with van der Waals surface area (Å²) < 4.78 is 16.0. The number of carbonyl (C=O) groups is 1. The molecule has 8 heteroatoms. The van der Waals surface area contributed by atoms with Crippen LogP contribution in [0.3, 0.4) is 0 Å². The summed E-state index contributed by atoms with van der Waals surface area (Å²) in [5.41, 5.74) is 0.742. The Bertz CT molecular complexity index is 745. The number of ether oxygens (including phenoxy) is 3. The van der Waals surface area contributed by atoms with Crippen LogP contribution in [0.5, 0.6) is 11.5 Å². The van der Waals surface area contributed by atoms with Crippen molar-refractivity contribution in [3.8, 4) is 11.5 Å². The Morgan fingerprint density at radius 1 is 1.27 bits per heavy atom. The van der Waals surface area contributed by atoms with Gasteiger partial charge in [0, 0.05) is 19.2 Å². The van der Waals surface area contributed by atoms with Gasteiger partial charge in [0.05, 0.1) is 38.4 Å². The van der Waals surface area contributed by atoms with Crippen molar-refractivity contribution >= 4 is 17.4 Å². The van der Waals surface area contributed by atoms with Crippen LogP contribution >= 0.6 is 0 Å². The molecule has 1 fully saturated rings. The van der Waals surface area contributed by atoms with Crippen LogP contribution in [0.15, 0.2) is 30.6 Å². The molecule has 0 saturated carbocycles. The number of rotatable bonds is 7. The third-order valence-electron chi connectivity index (χ3n) is 4.08. The number of anilines is 2. The summed E-state index contributed by atoms with van der Waals surface area (Å²) in [6, 6.07) is 5.14. The first-order valence-corrected chi connectivity index (χ1v) is 8.40. The van der Waals surface area contributed by atoms with E-state index in [-0.39, 0.29) is 17.7 Å². The molecule has 1 aromatic carbocycles. The number of nitrogens with zero attached hydrogens (tertiary/aromatic N) is 2. The molecule has 8 nitrogen and oxygen atoms in total. The average molecular weight is 358 g/mol. The number of amides is 1. The smallest absolute Gasteiger partial charge is 0.275 e. The molecule has 3 rings (SSSR count). The van der Waals surface area contributed by atoms with Crippen molar-refractivity contribution in [3.63, 3.8) is 0 Å². The molecule has 1 aliphatic heterocycles. The Morgan fingerprint density at radius 3 is 2.81 bits per heavy atom. The number of carbonyl (C=O) groups excluding carboxylic acids is 1. The Kier molecular flexibility index (Phi) is 5.85. The predicted octanol–water partition coefficient (Wildman–Crippen LogP) is 2.34. The zero-order chi connectivity index (χ0) is 18.4. The summed E-state index contributed by atoms with van der Waals surface area (Å²) >= 11 is 0. The second-order valence-electron chi connectivity index (χ2n) is 5.82. The lowest BCUT2D eigenvalue weighted by Gasteiger charge is -2.12. The number of hydrogen-bond donors (Lipinski definition) is 2. The van der Waals surface area contributed by atoms with Crippen LogP contribution in [0.25, 0.3) is 0 Å². The maximum Gasteiger partial charge on any atom is 0.275 e. The van der Waals surface area contributed by atoms with Crippen molar-refractivity contribution in [2.24, 2.45) is 0 Å². The van der Waals surface area contributed by atoms with Crippen molar-refractivity contribution in [1.82, 2.24) is 9.97 Å². The highest BCUT2D eigenvalue weighted by Crippen LogP contribution is 2.29. The molecule has 0 radical (unpaired) electrons. The van der Waals surface area contributed by atoms with Gasteiger partial charge in [-0.15, -0.1) is 0 Å². The van der Waals surface area contributed by atoms with E-state index in [4.69, 9.17) is 14.2 Å². The van der Waals surface area contributed by atoms with Crippen LogP contribution < -0.4 is 20.1 Å². The monoisotopic (exact) mass is 358 g/mol. The van der Waals surface area contributed by atoms with E-state index < -0.39 is 0 Å². The van der Waals surface area contributed by atoms with E-state index in [1.165, 1.54) is 19.5 Å². The molecule has 0 aliphatic carbocycles. The number of methoxy groups -OCH3 is 2. The van der Waals surface area contributed by atoms with Gasteiger partial charge in [0.2, 0.25) is 0 Å². The highest BCUT2D eigenvalue weighted by Gasteiger charge is 2.16. The van der Waals surface area contributed by atoms with Gasteiger partial charge in [-0.2, -0.15) is 0 Å². The number of hydrogen-bond acceptors (Lipinski definition) is 7. The van der Waals surface area contributed by atoms with Gasteiger partial charge in [-0.05, 0) is 25.0 Å². The number of nitrogens with one attached hydrogen (secondary N) is 2. The van der Waals surface area contributed by atoms with Crippen molar-refractivity contribution in [1.29, 1.82) is 0 Å². The molecule has 138 valence electrons. The third kappa shape index (κ3) is 4.40. The highest BCUT2D eigenvalue weighted by molar-refractivity contribution is 6.03. The summed E-state index contributed by atoms with van der Waals surface area (Å²) in [7, 11) is 3.09. The van der Waals surface area contributed by atoms with Crippen molar-refractivity contribution in [2.45, 2.75) is 18.9 Å². The fourth-order valence-electron chi connectivity index (χ4n) is 2.65. The van der Waals surface area contributed by atoms with E-state index in [2.05, 4.69) is 20.6 Å². The maximum atomic E-state index is 12.4. The van der Waals surface area contributed by atoms with Gasteiger partial charge in [0.1, 0.15) is 23.0 Å². The van der Waals surface area contributed by atoms with E-state index in [9.17, 15) is 4.79 Å². The molecule has 1 aromatic heterocycles. The molecule has 1 saturated heterocycles. The highest BCUT2D eigenvalue weighted by atomic mass is 16.5. The molecule has 26 heavy (non-hydrogen) atoms. The van der Waals surface area contributed by atoms with Crippen LogP contribution in [0, 0.1) is 0 Å². The SMILES string of the molecule is COc1ccc(NC(=O)c2cnc(NCC3CCCO3)cn2)c(OC)c1. The van der Waals surface area contributed by atoms with Gasteiger partial charge >= 0.3 is 0 Å². The largest absolute Gasteiger partial charge is 0.497 e. The average Bonchev–Trinajstić information content (AvgIpc) is 3.20. The second kappa shape index (κ2) is 8.48. The summed E-state index contributed by atoms with van der Waals surface area (Å²) in [5, 5.41) is 5.93. The first-order valence-electron chi connectivity index (χ1n) is 8.40. The minimum absolute atomic E-state index is 0.210. The molecular weight excluding hydrogens is 336 g/mol. The van der Waals surface area contributed by atoms with E-state index >= 15 is 0 Å². The molecule has 0 spiro atoms. The van der Waals surface area contributed by atoms with Crippen LogP contribution in [-0.4, -0.2) is 49.4 Å². The summed E-state index contributed by atoms with van der Waals surface area (Å²) in [5.74, 6) is 1.38. The van der Waals surface area contributed by atoms with Gasteiger partial charge in [0.25, 0.3) is 5.91 Å². The fourth-order valence-corrected chi connectivity index (χ4v) is 2.65. The summed E-state index contributed by atoms with van der Waals surface area (Å²) in [4.78, 5) is 20.8. The first-order chi connectivity index (χ1) is 12.7. The van der Waals surface area contributed by atoms with E-state index in [1.54, 1.807) is 25.3 Å². The molecule has 1 aliphatic rings. The Hall–Kier alpha value is -2.87. The molecule has 0 bridgehead atoms.